The zero-order valence-electron chi connectivity index (χ0n) is 7.88. The molecule has 0 saturated carbocycles. The van der Waals surface area contributed by atoms with Crippen molar-refractivity contribution in [2.75, 3.05) is 19.0 Å². The van der Waals surface area contributed by atoms with Gasteiger partial charge in [-0.1, -0.05) is 13.8 Å². The molecule has 0 radical (unpaired) electrons. The molecule has 0 aromatic carbocycles. The second kappa shape index (κ2) is 5.13. The second-order valence-corrected chi connectivity index (χ2v) is 3.36. The fraction of sp³-hybridized carbons (Fsp3) is 0.625. The molecular weight excluding hydrogens is 156 g/mol. The van der Waals surface area contributed by atoms with Gasteiger partial charge in [0, 0.05) is 25.2 Å². The monoisotopic (exact) mass is 172 g/mol. The van der Waals surface area contributed by atoms with Gasteiger partial charge in [0.15, 0.2) is 5.13 Å². The molecule has 0 bridgehead atoms. The summed E-state index contributed by atoms with van der Waals surface area (Å²) in [5, 5.41) is 1.08. The van der Waals surface area contributed by atoms with Crippen molar-refractivity contribution >= 4 is 16.5 Å². The maximum atomic E-state index is 4.16. The first kappa shape index (κ1) is 10.4. The molecular formula is C8H16N2S. The number of aromatic nitrogens is 1. The molecule has 0 saturated heterocycles. The summed E-state index contributed by atoms with van der Waals surface area (Å²) in [6.45, 7) is 6.06. The zero-order chi connectivity index (χ0) is 8.85. The SMILES string of the molecule is CC.Cc1cnc(N(C)C)s1. The van der Waals surface area contributed by atoms with E-state index in [-0.39, 0.29) is 0 Å². The summed E-state index contributed by atoms with van der Waals surface area (Å²) in [5.74, 6) is 0. The van der Waals surface area contributed by atoms with E-state index in [1.54, 1.807) is 11.3 Å². The van der Waals surface area contributed by atoms with Crippen LogP contribution in [0.1, 0.15) is 18.7 Å². The van der Waals surface area contributed by atoms with E-state index in [4.69, 9.17) is 0 Å². The highest BCUT2D eigenvalue weighted by atomic mass is 32.1. The molecule has 1 aromatic rings. The molecule has 1 heterocycles. The van der Waals surface area contributed by atoms with Crippen molar-refractivity contribution in [1.29, 1.82) is 0 Å². The molecule has 0 aliphatic rings. The minimum Gasteiger partial charge on any atom is -0.354 e. The van der Waals surface area contributed by atoms with Crippen molar-refractivity contribution in [3.63, 3.8) is 0 Å². The van der Waals surface area contributed by atoms with Crippen molar-refractivity contribution in [3.05, 3.63) is 11.1 Å². The van der Waals surface area contributed by atoms with E-state index in [9.17, 15) is 0 Å². The van der Waals surface area contributed by atoms with E-state index in [2.05, 4.69) is 11.9 Å². The Bertz CT molecular complexity index is 194. The van der Waals surface area contributed by atoms with E-state index in [0.29, 0.717) is 0 Å². The van der Waals surface area contributed by atoms with Gasteiger partial charge in [-0.25, -0.2) is 4.98 Å². The zero-order valence-corrected chi connectivity index (χ0v) is 8.70. The third-order valence-corrected chi connectivity index (χ3v) is 2.07. The van der Waals surface area contributed by atoms with Crippen LogP contribution < -0.4 is 4.90 Å². The van der Waals surface area contributed by atoms with Gasteiger partial charge in [-0.3, -0.25) is 0 Å². The fourth-order valence-electron chi connectivity index (χ4n) is 0.550. The Balaban J connectivity index is 0.000000461. The maximum Gasteiger partial charge on any atom is 0.184 e. The second-order valence-electron chi connectivity index (χ2n) is 2.15. The molecule has 0 N–H and O–H groups in total. The topological polar surface area (TPSA) is 16.1 Å². The summed E-state index contributed by atoms with van der Waals surface area (Å²) in [7, 11) is 4.00. The molecule has 3 heteroatoms. The Kier molecular flexibility index (Phi) is 4.86. The lowest BCUT2D eigenvalue weighted by Crippen LogP contribution is -2.07. The standard InChI is InChI=1S/C6H10N2S.C2H6/c1-5-4-7-6(9-5)8(2)3;1-2/h4H,1-3H3;1-2H3. The smallest absolute Gasteiger partial charge is 0.184 e. The van der Waals surface area contributed by atoms with E-state index < -0.39 is 0 Å². The third-order valence-electron chi connectivity index (χ3n) is 0.992. The summed E-state index contributed by atoms with van der Waals surface area (Å²) in [5.41, 5.74) is 0. The molecule has 0 atom stereocenters. The highest BCUT2D eigenvalue weighted by Crippen LogP contribution is 2.18. The predicted molar refractivity (Wildman–Crippen MR) is 52.5 cm³/mol. The molecule has 0 aliphatic heterocycles. The van der Waals surface area contributed by atoms with Crippen LogP contribution in [0.5, 0.6) is 0 Å². The Morgan fingerprint density at radius 3 is 2.09 bits per heavy atom. The number of rotatable bonds is 1. The molecule has 0 spiro atoms. The van der Waals surface area contributed by atoms with Gasteiger partial charge < -0.3 is 4.90 Å². The van der Waals surface area contributed by atoms with Crippen LogP contribution in [0, 0.1) is 6.92 Å². The van der Waals surface area contributed by atoms with Crippen LogP contribution in [-0.4, -0.2) is 19.1 Å². The largest absolute Gasteiger partial charge is 0.354 e. The van der Waals surface area contributed by atoms with Gasteiger partial charge in [0.05, 0.1) is 0 Å². The lowest BCUT2D eigenvalue weighted by Gasteiger charge is -2.04. The molecule has 1 rings (SSSR count). The fourth-order valence-corrected chi connectivity index (χ4v) is 1.23. The molecule has 0 amide bonds. The summed E-state index contributed by atoms with van der Waals surface area (Å²) in [4.78, 5) is 7.43. The summed E-state index contributed by atoms with van der Waals surface area (Å²) < 4.78 is 0. The Hall–Kier alpha value is -0.570. The molecule has 11 heavy (non-hydrogen) atoms. The van der Waals surface area contributed by atoms with Crippen LogP contribution in [-0.2, 0) is 0 Å². The minimum absolute atomic E-state index is 1.08. The number of hydrogen-bond donors (Lipinski definition) is 0. The van der Waals surface area contributed by atoms with Gasteiger partial charge in [-0.2, -0.15) is 0 Å². The molecule has 0 aliphatic carbocycles. The van der Waals surface area contributed by atoms with Gasteiger partial charge in [-0.15, -0.1) is 11.3 Å². The Morgan fingerprint density at radius 1 is 1.36 bits per heavy atom. The lowest BCUT2D eigenvalue weighted by atomic mass is 10.7. The van der Waals surface area contributed by atoms with Crippen molar-refractivity contribution in [3.8, 4) is 0 Å². The van der Waals surface area contributed by atoms with Crippen LogP contribution in [0.3, 0.4) is 0 Å². The van der Waals surface area contributed by atoms with Crippen LogP contribution in [0.2, 0.25) is 0 Å². The van der Waals surface area contributed by atoms with E-state index in [1.807, 2.05) is 39.0 Å². The van der Waals surface area contributed by atoms with Crippen molar-refractivity contribution in [2.45, 2.75) is 20.8 Å². The average molecular weight is 172 g/mol. The van der Waals surface area contributed by atoms with E-state index in [1.165, 1.54) is 4.88 Å². The van der Waals surface area contributed by atoms with Crippen LogP contribution in [0.4, 0.5) is 5.13 Å². The lowest BCUT2D eigenvalue weighted by molar-refractivity contribution is 1.10. The van der Waals surface area contributed by atoms with Crippen molar-refractivity contribution < 1.29 is 0 Å². The highest BCUT2D eigenvalue weighted by molar-refractivity contribution is 7.15. The van der Waals surface area contributed by atoms with Gasteiger partial charge in [0.25, 0.3) is 0 Å². The van der Waals surface area contributed by atoms with Crippen molar-refractivity contribution in [1.82, 2.24) is 4.98 Å². The number of aryl methyl sites for hydroxylation is 1. The van der Waals surface area contributed by atoms with Gasteiger partial charge in [-0.05, 0) is 6.92 Å². The summed E-state index contributed by atoms with van der Waals surface area (Å²) in [6, 6.07) is 0. The van der Waals surface area contributed by atoms with E-state index >= 15 is 0 Å². The Morgan fingerprint density at radius 2 is 1.91 bits per heavy atom. The average Bonchev–Trinajstić information content (AvgIpc) is 2.40. The van der Waals surface area contributed by atoms with Crippen LogP contribution >= 0.6 is 11.3 Å². The van der Waals surface area contributed by atoms with Crippen LogP contribution in [0.15, 0.2) is 6.20 Å². The minimum atomic E-state index is 1.08. The van der Waals surface area contributed by atoms with Gasteiger partial charge >= 0.3 is 0 Å². The predicted octanol–water partition coefficient (Wildman–Crippen LogP) is 2.54. The first-order valence-corrected chi connectivity index (χ1v) is 4.61. The number of nitrogens with zero attached hydrogens (tertiary/aromatic N) is 2. The summed E-state index contributed by atoms with van der Waals surface area (Å²) >= 11 is 1.71. The van der Waals surface area contributed by atoms with Gasteiger partial charge in [0.2, 0.25) is 0 Å². The number of hydrogen-bond acceptors (Lipinski definition) is 3. The Labute approximate surface area is 72.9 Å². The first-order valence-electron chi connectivity index (χ1n) is 3.80. The molecule has 0 unspecified atom stereocenters. The quantitative estimate of drug-likeness (QED) is 0.647. The molecule has 0 fully saturated rings. The van der Waals surface area contributed by atoms with Crippen LogP contribution in [0.25, 0.3) is 0 Å². The molecule has 64 valence electrons. The summed E-state index contributed by atoms with van der Waals surface area (Å²) in [6.07, 6.45) is 1.89. The van der Waals surface area contributed by atoms with Gasteiger partial charge in [0.1, 0.15) is 0 Å². The first-order chi connectivity index (χ1) is 5.20. The van der Waals surface area contributed by atoms with E-state index in [0.717, 1.165) is 5.13 Å². The normalized spacial score (nSPS) is 8.45. The maximum absolute atomic E-state index is 4.16. The number of thiazole rings is 1. The highest BCUT2D eigenvalue weighted by Gasteiger charge is 1.97. The number of anilines is 1. The molecule has 1 aromatic heterocycles. The molecule has 2 nitrogen and oxygen atoms in total. The van der Waals surface area contributed by atoms with Crippen molar-refractivity contribution in [2.24, 2.45) is 0 Å². The third kappa shape index (κ3) is 3.37.